The summed E-state index contributed by atoms with van der Waals surface area (Å²) in [5.41, 5.74) is 6.57. The molecule has 6 heteroatoms. The molecule has 4 N–H and O–H groups in total. The number of nitrogens with two attached hydrogens (primary N) is 1. The Labute approximate surface area is 122 Å². The number of hydrogen-bond acceptors (Lipinski definition) is 5. The van der Waals surface area contributed by atoms with Gasteiger partial charge < -0.3 is 16.4 Å². The lowest BCUT2D eigenvalue weighted by atomic mass is 10.2. The first-order chi connectivity index (χ1) is 9.67. The van der Waals surface area contributed by atoms with Crippen LogP contribution >= 0.6 is 11.3 Å². The molecule has 0 radical (unpaired) electrons. The third-order valence-electron chi connectivity index (χ3n) is 3.36. The molecule has 106 valence electrons. The molecule has 20 heavy (non-hydrogen) atoms. The van der Waals surface area contributed by atoms with Crippen molar-refractivity contribution in [2.45, 2.75) is 31.7 Å². The third kappa shape index (κ3) is 2.94. The third-order valence-corrected chi connectivity index (χ3v) is 4.50. The number of nitriles is 1. The Kier molecular flexibility index (Phi) is 4.64. The van der Waals surface area contributed by atoms with Gasteiger partial charge in [0, 0.05) is 12.6 Å². The molecule has 0 aliphatic heterocycles. The highest BCUT2D eigenvalue weighted by Gasteiger charge is 2.23. The molecule has 1 aliphatic rings. The quantitative estimate of drug-likeness (QED) is 0.726. The molecule has 0 spiro atoms. The first-order valence-corrected chi connectivity index (χ1v) is 7.47. The summed E-state index contributed by atoms with van der Waals surface area (Å²) in [7, 11) is 0. The Hall–Kier alpha value is -2.00. The largest absolute Gasteiger partial charge is 0.396 e. The average Bonchev–Trinajstić information content (AvgIpc) is 3.05. The number of amides is 1. The summed E-state index contributed by atoms with van der Waals surface area (Å²) in [4.78, 5) is 12.4. The van der Waals surface area contributed by atoms with E-state index >= 15 is 0 Å². The van der Waals surface area contributed by atoms with Gasteiger partial charge >= 0.3 is 0 Å². The second-order valence-electron chi connectivity index (χ2n) is 4.79. The lowest BCUT2D eigenvalue weighted by Crippen LogP contribution is -2.23. The van der Waals surface area contributed by atoms with Crippen LogP contribution in [0.2, 0.25) is 0 Å². The van der Waals surface area contributed by atoms with Gasteiger partial charge in [-0.25, -0.2) is 0 Å². The van der Waals surface area contributed by atoms with Crippen molar-refractivity contribution in [2.24, 2.45) is 0 Å². The molecule has 2 rings (SSSR count). The van der Waals surface area contributed by atoms with E-state index in [0.29, 0.717) is 28.0 Å². The van der Waals surface area contributed by atoms with Crippen LogP contribution in [0.3, 0.4) is 0 Å². The molecule has 1 aliphatic carbocycles. The second kappa shape index (κ2) is 6.44. The molecule has 1 aromatic heterocycles. The van der Waals surface area contributed by atoms with Crippen molar-refractivity contribution >= 4 is 27.9 Å². The molecule has 1 fully saturated rings. The summed E-state index contributed by atoms with van der Waals surface area (Å²) in [6.45, 7) is 3.93. The number of carbonyl (C=O) groups excluding carboxylic acids is 1. The van der Waals surface area contributed by atoms with Gasteiger partial charge in [-0.3, -0.25) is 4.79 Å². The number of anilines is 2. The zero-order valence-corrected chi connectivity index (χ0v) is 12.1. The van der Waals surface area contributed by atoms with Crippen molar-refractivity contribution in [3.63, 3.8) is 0 Å². The summed E-state index contributed by atoms with van der Waals surface area (Å²) in [6, 6.07) is 2.47. The summed E-state index contributed by atoms with van der Waals surface area (Å²) in [6.07, 6.45) is 6.20. The zero-order chi connectivity index (χ0) is 14.5. The summed E-state index contributed by atoms with van der Waals surface area (Å²) in [5.74, 6) is -0.261. The van der Waals surface area contributed by atoms with Crippen LogP contribution in [-0.2, 0) is 0 Å². The molecule has 0 saturated heterocycles. The molecule has 0 aromatic carbocycles. The van der Waals surface area contributed by atoms with Gasteiger partial charge in [0.1, 0.15) is 21.5 Å². The number of nitrogens with zero attached hydrogens (tertiary/aromatic N) is 1. The summed E-state index contributed by atoms with van der Waals surface area (Å²) < 4.78 is 0. The minimum atomic E-state index is -0.261. The Morgan fingerprint density at radius 1 is 1.55 bits per heavy atom. The van der Waals surface area contributed by atoms with Crippen LogP contribution in [0, 0.1) is 11.3 Å². The van der Waals surface area contributed by atoms with Crippen molar-refractivity contribution in [1.29, 1.82) is 5.26 Å². The maximum Gasteiger partial charge on any atom is 0.263 e. The normalized spacial score (nSPS) is 14.8. The van der Waals surface area contributed by atoms with E-state index in [-0.39, 0.29) is 11.6 Å². The maximum atomic E-state index is 12.0. The van der Waals surface area contributed by atoms with Crippen molar-refractivity contribution in [1.82, 2.24) is 5.32 Å². The molecule has 1 amide bonds. The van der Waals surface area contributed by atoms with Crippen LogP contribution in [0.15, 0.2) is 12.7 Å². The fourth-order valence-corrected chi connectivity index (χ4v) is 3.39. The molecule has 1 saturated carbocycles. The number of hydrogen-bond donors (Lipinski definition) is 3. The van der Waals surface area contributed by atoms with Gasteiger partial charge in [0.05, 0.1) is 5.69 Å². The summed E-state index contributed by atoms with van der Waals surface area (Å²) >= 11 is 1.25. The first-order valence-electron chi connectivity index (χ1n) is 6.65. The van der Waals surface area contributed by atoms with Crippen LogP contribution in [0.1, 0.15) is 40.9 Å². The molecule has 0 atom stereocenters. The van der Waals surface area contributed by atoms with Gasteiger partial charge in [0.2, 0.25) is 0 Å². The van der Waals surface area contributed by atoms with E-state index in [1.807, 2.05) is 0 Å². The van der Waals surface area contributed by atoms with E-state index in [2.05, 4.69) is 23.3 Å². The fourth-order valence-electron chi connectivity index (χ4n) is 2.33. The minimum Gasteiger partial charge on any atom is -0.396 e. The average molecular weight is 290 g/mol. The molecular weight excluding hydrogens is 272 g/mol. The topological polar surface area (TPSA) is 90.9 Å². The minimum absolute atomic E-state index is 0.261. The highest BCUT2D eigenvalue weighted by Crippen LogP contribution is 2.37. The van der Waals surface area contributed by atoms with E-state index in [4.69, 9.17) is 5.73 Å². The van der Waals surface area contributed by atoms with E-state index in [9.17, 15) is 10.1 Å². The monoisotopic (exact) mass is 290 g/mol. The number of thiophene rings is 1. The van der Waals surface area contributed by atoms with Crippen LogP contribution in [0.4, 0.5) is 10.7 Å². The second-order valence-corrected chi connectivity index (χ2v) is 5.81. The van der Waals surface area contributed by atoms with E-state index in [0.717, 1.165) is 12.8 Å². The molecule has 0 bridgehead atoms. The van der Waals surface area contributed by atoms with Crippen LogP contribution in [0.25, 0.3) is 0 Å². The predicted octanol–water partition coefficient (Wildman–Crippen LogP) is 2.47. The number of carbonyl (C=O) groups is 1. The Balaban J connectivity index is 2.21. The van der Waals surface area contributed by atoms with Gasteiger partial charge in [0.15, 0.2) is 0 Å². The highest BCUT2D eigenvalue weighted by molar-refractivity contribution is 7.19. The van der Waals surface area contributed by atoms with Gasteiger partial charge in [-0.15, -0.1) is 17.9 Å². The number of nitrogen functional groups attached to an aromatic ring is 1. The van der Waals surface area contributed by atoms with Gasteiger partial charge in [-0.2, -0.15) is 5.26 Å². The van der Waals surface area contributed by atoms with Gasteiger partial charge in [-0.05, 0) is 12.8 Å². The van der Waals surface area contributed by atoms with Crippen LogP contribution in [0.5, 0.6) is 0 Å². The Bertz CT molecular complexity index is 552. The molecule has 0 unspecified atom stereocenters. The fraction of sp³-hybridized carbons (Fsp3) is 0.429. The molecular formula is C14H18N4OS. The van der Waals surface area contributed by atoms with E-state index < -0.39 is 0 Å². The molecule has 1 aromatic rings. The zero-order valence-electron chi connectivity index (χ0n) is 11.2. The van der Waals surface area contributed by atoms with Crippen molar-refractivity contribution < 1.29 is 4.79 Å². The smallest absolute Gasteiger partial charge is 0.263 e. The number of rotatable bonds is 5. The lowest BCUT2D eigenvalue weighted by molar-refractivity contribution is 0.0963. The van der Waals surface area contributed by atoms with Crippen molar-refractivity contribution in [2.75, 3.05) is 17.6 Å². The molecule has 1 heterocycles. The van der Waals surface area contributed by atoms with E-state index in [1.165, 1.54) is 24.2 Å². The lowest BCUT2D eigenvalue weighted by Gasteiger charge is -2.11. The molecule has 5 nitrogen and oxygen atoms in total. The SMILES string of the molecule is C=CCNC(=O)c1sc(NC2CCCC2)c(C#N)c1N. The highest BCUT2D eigenvalue weighted by atomic mass is 32.1. The number of nitrogens with one attached hydrogen (secondary N) is 2. The maximum absolute atomic E-state index is 12.0. The Morgan fingerprint density at radius 3 is 2.85 bits per heavy atom. The van der Waals surface area contributed by atoms with Gasteiger partial charge in [0.25, 0.3) is 5.91 Å². The Morgan fingerprint density at radius 2 is 2.25 bits per heavy atom. The standard InChI is InChI=1S/C14H18N4OS/c1-2-7-17-13(19)12-11(16)10(8-15)14(20-12)18-9-5-3-4-6-9/h2,9,18H,1,3-7,16H2,(H,17,19). The van der Waals surface area contributed by atoms with Gasteiger partial charge in [-0.1, -0.05) is 18.9 Å². The van der Waals surface area contributed by atoms with Crippen LogP contribution in [-0.4, -0.2) is 18.5 Å². The first kappa shape index (κ1) is 14.4. The van der Waals surface area contributed by atoms with E-state index in [1.54, 1.807) is 6.08 Å². The predicted molar refractivity (Wildman–Crippen MR) is 81.9 cm³/mol. The summed E-state index contributed by atoms with van der Waals surface area (Å²) in [5, 5.41) is 16.0. The van der Waals surface area contributed by atoms with Crippen LogP contribution < -0.4 is 16.4 Å². The van der Waals surface area contributed by atoms with Crippen molar-refractivity contribution in [3.05, 3.63) is 23.1 Å². The van der Waals surface area contributed by atoms with Crippen molar-refractivity contribution in [3.8, 4) is 6.07 Å².